The normalized spacial score (nSPS) is 16.5. The Morgan fingerprint density at radius 2 is 2.12 bits per heavy atom. The summed E-state index contributed by atoms with van der Waals surface area (Å²) >= 11 is 1.79. The van der Waals surface area contributed by atoms with Crippen molar-refractivity contribution in [2.45, 2.75) is 39.3 Å². The molecule has 17 heavy (non-hydrogen) atoms. The Hall–Kier alpha value is -0.320. The number of hydrogen-bond acceptors (Lipinski definition) is 4. The molecule has 0 aromatic carbocycles. The summed E-state index contributed by atoms with van der Waals surface area (Å²) in [7, 11) is 4.09. The average Bonchev–Trinajstić information content (AvgIpc) is 3.00. The van der Waals surface area contributed by atoms with E-state index >= 15 is 0 Å². The standard InChI is InChI=1S/C12H21N3S.ClH/c1-8(10-5-6-10)13-7-11-9(2)14-12(16-11)15(3)4;/h8,10,13H,5-7H2,1-4H3;1H. The van der Waals surface area contributed by atoms with Gasteiger partial charge in [0.1, 0.15) is 0 Å². The zero-order valence-electron chi connectivity index (χ0n) is 11.0. The Labute approximate surface area is 114 Å². The van der Waals surface area contributed by atoms with Crippen molar-refractivity contribution >= 4 is 28.9 Å². The summed E-state index contributed by atoms with van der Waals surface area (Å²) in [6, 6.07) is 0.657. The van der Waals surface area contributed by atoms with Crippen LogP contribution in [0, 0.1) is 12.8 Å². The number of hydrogen-bond donors (Lipinski definition) is 1. The van der Waals surface area contributed by atoms with Crippen molar-refractivity contribution in [2.75, 3.05) is 19.0 Å². The fourth-order valence-electron chi connectivity index (χ4n) is 1.78. The van der Waals surface area contributed by atoms with Gasteiger partial charge in [0.05, 0.1) is 5.69 Å². The topological polar surface area (TPSA) is 28.2 Å². The maximum absolute atomic E-state index is 4.55. The predicted molar refractivity (Wildman–Crippen MR) is 77.5 cm³/mol. The van der Waals surface area contributed by atoms with Crippen molar-refractivity contribution in [3.8, 4) is 0 Å². The van der Waals surface area contributed by atoms with E-state index in [1.807, 2.05) is 14.1 Å². The summed E-state index contributed by atoms with van der Waals surface area (Å²) in [6.45, 7) is 5.36. The van der Waals surface area contributed by atoms with Gasteiger partial charge >= 0.3 is 0 Å². The van der Waals surface area contributed by atoms with Gasteiger partial charge in [0.25, 0.3) is 0 Å². The predicted octanol–water partition coefficient (Wildman–Crippen LogP) is 2.83. The second kappa shape index (κ2) is 6.03. The molecule has 1 N–H and O–H groups in total. The first kappa shape index (κ1) is 14.7. The van der Waals surface area contributed by atoms with E-state index in [1.54, 1.807) is 11.3 Å². The quantitative estimate of drug-likeness (QED) is 0.896. The van der Waals surface area contributed by atoms with Gasteiger partial charge in [0.2, 0.25) is 0 Å². The third-order valence-corrected chi connectivity index (χ3v) is 4.50. The first-order chi connectivity index (χ1) is 7.58. The smallest absolute Gasteiger partial charge is 0.185 e. The van der Waals surface area contributed by atoms with Crippen molar-refractivity contribution in [3.05, 3.63) is 10.6 Å². The number of anilines is 1. The van der Waals surface area contributed by atoms with Crippen LogP contribution in [0.4, 0.5) is 5.13 Å². The molecular weight excluding hydrogens is 254 g/mol. The summed E-state index contributed by atoms with van der Waals surface area (Å²) in [5.74, 6) is 0.918. The van der Waals surface area contributed by atoms with Crippen LogP contribution in [0.15, 0.2) is 0 Å². The first-order valence-electron chi connectivity index (χ1n) is 5.95. The van der Waals surface area contributed by atoms with Crippen molar-refractivity contribution in [3.63, 3.8) is 0 Å². The lowest BCUT2D eigenvalue weighted by molar-refractivity contribution is 0.498. The molecule has 1 fully saturated rings. The van der Waals surface area contributed by atoms with Gasteiger partial charge in [-0.05, 0) is 32.6 Å². The maximum atomic E-state index is 4.55. The molecule has 1 aromatic rings. The van der Waals surface area contributed by atoms with Crippen LogP contribution in [0.3, 0.4) is 0 Å². The van der Waals surface area contributed by atoms with Gasteiger partial charge in [0, 0.05) is 31.6 Å². The van der Waals surface area contributed by atoms with Crippen LogP contribution >= 0.6 is 23.7 Å². The Morgan fingerprint density at radius 3 is 2.59 bits per heavy atom. The second-order valence-corrected chi connectivity index (χ2v) is 5.97. The molecule has 5 heteroatoms. The minimum Gasteiger partial charge on any atom is -0.354 e. The third kappa shape index (κ3) is 3.83. The van der Waals surface area contributed by atoms with Gasteiger partial charge in [-0.3, -0.25) is 0 Å². The molecule has 1 aromatic heterocycles. The molecule has 0 aliphatic heterocycles. The number of aromatic nitrogens is 1. The summed E-state index contributed by atoms with van der Waals surface area (Å²) in [4.78, 5) is 8.00. The molecule has 98 valence electrons. The fraction of sp³-hybridized carbons (Fsp3) is 0.750. The van der Waals surface area contributed by atoms with Crippen LogP contribution in [-0.2, 0) is 6.54 Å². The fourth-order valence-corrected chi connectivity index (χ4v) is 2.72. The molecule has 1 saturated carbocycles. The number of thiazole rings is 1. The van der Waals surface area contributed by atoms with Crippen molar-refractivity contribution in [1.82, 2.24) is 10.3 Å². The highest BCUT2D eigenvalue weighted by Gasteiger charge is 2.27. The van der Waals surface area contributed by atoms with Crippen molar-refractivity contribution in [1.29, 1.82) is 0 Å². The SMILES string of the molecule is Cc1nc(N(C)C)sc1CNC(C)C1CC1.Cl. The van der Waals surface area contributed by atoms with Gasteiger partial charge in [-0.2, -0.15) is 0 Å². The van der Waals surface area contributed by atoms with Crippen molar-refractivity contribution < 1.29 is 0 Å². The molecule has 0 bridgehead atoms. The van der Waals surface area contributed by atoms with E-state index in [9.17, 15) is 0 Å². The molecule has 1 aliphatic carbocycles. The lowest BCUT2D eigenvalue weighted by atomic mass is 10.2. The lowest BCUT2D eigenvalue weighted by Gasteiger charge is -2.11. The zero-order valence-corrected chi connectivity index (χ0v) is 12.6. The molecule has 2 rings (SSSR count). The molecule has 3 nitrogen and oxygen atoms in total. The Bertz CT molecular complexity index is 361. The van der Waals surface area contributed by atoms with E-state index in [-0.39, 0.29) is 12.4 Å². The molecule has 1 unspecified atom stereocenters. The minimum absolute atomic E-state index is 0. The van der Waals surface area contributed by atoms with Gasteiger partial charge < -0.3 is 10.2 Å². The van der Waals surface area contributed by atoms with Crippen LogP contribution in [0.1, 0.15) is 30.3 Å². The largest absolute Gasteiger partial charge is 0.354 e. The van der Waals surface area contributed by atoms with Crippen LogP contribution in [-0.4, -0.2) is 25.1 Å². The number of rotatable bonds is 5. The lowest BCUT2D eigenvalue weighted by Crippen LogP contribution is -2.27. The van der Waals surface area contributed by atoms with E-state index in [2.05, 4.69) is 29.0 Å². The van der Waals surface area contributed by atoms with Gasteiger partial charge in [0.15, 0.2) is 5.13 Å². The molecule has 1 heterocycles. The highest BCUT2D eigenvalue weighted by Crippen LogP contribution is 2.32. The second-order valence-electron chi connectivity index (χ2n) is 4.91. The molecule has 0 saturated heterocycles. The summed E-state index contributed by atoms with van der Waals surface area (Å²) in [5, 5.41) is 4.71. The van der Waals surface area contributed by atoms with Gasteiger partial charge in [-0.15, -0.1) is 23.7 Å². The van der Waals surface area contributed by atoms with E-state index in [0.29, 0.717) is 6.04 Å². The van der Waals surface area contributed by atoms with Gasteiger partial charge in [-0.1, -0.05) is 0 Å². The molecular formula is C12H22ClN3S. The maximum Gasteiger partial charge on any atom is 0.185 e. The molecule has 1 aliphatic rings. The molecule has 0 radical (unpaired) electrons. The number of nitrogens with one attached hydrogen (secondary N) is 1. The van der Waals surface area contributed by atoms with Gasteiger partial charge in [-0.25, -0.2) is 4.98 Å². The Morgan fingerprint density at radius 1 is 1.47 bits per heavy atom. The van der Waals surface area contributed by atoms with Crippen LogP contribution in [0.5, 0.6) is 0 Å². The van der Waals surface area contributed by atoms with E-state index in [0.717, 1.165) is 17.6 Å². The Balaban J connectivity index is 0.00000144. The molecule has 0 amide bonds. The highest BCUT2D eigenvalue weighted by molar-refractivity contribution is 7.15. The summed E-state index contributed by atoms with van der Waals surface area (Å²) < 4.78 is 0. The number of aryl methyl sites for hydroxylation is 1. The average molecular weight is 276 g/mol. The van der Waals surface area contributed by atoms with Crippen LogP contribution in [0.2, 0.25) is 0 Å². The first-order valence-corrected chi connectivity index (χ1v) is 6.76. The molecule has 0 spiro atoms. The number of nitrogens with zero attached hydrogens (tertiary/aromatic N) is 2. The van der Waals surface area contributed by atoms with Crippen LogP contribution in [0.25, 0.3) is 0 Å². The molecule has 1 atom stereocenters. The van der Waals surface area contributed by atoms with E-state index in [1.165, 1.54) is 23.4 Å². The zero-order chi connectivity index (χ0) is 11.7. The summed E-state index contributed by atoms with van der Waals surface area (Å²) in [5.41, 5.74) is 1.17. The number of halogens is 1. The monoisotopic (exact) mass is 275 g/mol. The Kier molecular flexibility index (Phi) is 5.22. The summed E-state index contributed by atoms with van der Waals surface area (Å²) in [6.07, 6.45) is 2.80. The van der Waals surface area contributed by atoms with E-state index < -0.39 is 0 Å². The van der Waals surface area contributed by atoms with E-state index in [4.69, 9.17) is 0 Å². The van der Waals surface area contributed by atoms with Crippen molar-refractivity contribution in [2.24, 2.45) is 5.92 Å². The van der Waals surface area contributed by atoms with Crippen LogP contribution < -0.4 is 10.2 Å². The minimum atomic E-state index is 0. The third-order valence-electron chi connectivity index (χ3n) is 3.18. The highest BCUT2D eigenvalue weighted by atomic mass is 35.5.